The highest BCUT2D eigenvalue weighted by Crippen LogP contribution is 2.32. The number of fused-ring (bicyclic) bond motifs is 1. The molecule has 7 heteroatoms. The van der Waals surface area contributed by atoms with Crippen molar-refractivity contribution in [2.24, 2.45) is 0 Å². The van der Waals surface area contributed by atoms with Gasteiger partial charge in [0.2, 0.25) is 0 Å². The largest absolute Gasteiger partial charge is 0.482 e. The maximum atomic E-state index is 11.3. The molecule has 0 radical (unpaired) electrons. The van der Waals surface area contributed by atoms with Gasteiger partial charge in [0.25, 0.3) is 11.9 Å². The first-order chi connectivity index (χ1) is 11.7. The van der Waals surface area contributed by atoms with Gasteiger partial charge < -0.3 is 19.8 Å². The molecule has 0 spiro atoms. The molecule has 1 aromatic heterocycles. The van der Waals surface area contributed by atoms with Crippen LogP contribution in [0.25, 0.3) is 11.3 Å². The molecule has 0 saturated heterocycles. The van der Waals surface area contributed by atoms with Gasteiger partial charge in [0.15, 0.2) is 12.4 Å². The Kier molecular flexibility index (Phi) is 3.59. The van der Waals surface area contributed by atoms with Crippen LogP contribution in [0.15, 0.2) is 53.1 Å². The fourth-order valence-corrected chi connectivity index (χ4v) is 2.48. The summed E-state index contributed by atoms with van der Waals surface area (Å²) in [6.45, 7) is 0.0101. The molecule has 0 saturated carbocycles. The highest BCUT2D eigenvalue weighted by molar-refractivity contribution is 6.30. The number of oxazole rings is 1. The lowest BCUT2D eigenvalue weighted by Gasteiger charge is -2.18. The molecule has 1 aliphatic heterocycles. The summed E-state index contributed by atoms with van der Waals surface area (Å²) in [7, 11) is 0. The van der Waals surface area contributed by atoms with Crippen molar-refractivity contribution in [3.63, 3.8) is 0 Å². The zero-order valence-electron chi connectivity index (χ0n) is 12.4. The fourth-order valence-electron chi connectivity index (χ4n) is 2.36. The van der Waals surface area contributed by atoms with Crippen LogP contribution in [0.3, 0.4) is 0 Å². The molecule has 2 heterocycles. The topological polar surface area (TPSA) is 76.4 Å². The highest BCUT2D eigenvalue weighted by atomic mass is 35.5. The number of ether oxygens (including phenoxy) is 1. The van der Waals surface area contributed by atoms with Crippen LogP contribution in [0, 0.1) is 0 Å². The summed E-state index contributed by atoms with van der Waals surface area (Å²) in [5.74, 6) is 1.07. The van der Waals surface area contributed by atoms with Crippen molar-refractivity contribution >= 4 is 34.9 Å². The molecule has 0 aliphatic carbocycles. The van der Waals surface area contributed by atoms with E-state index in [4.69, 9.17) is 20.8 Å². The van der Waals surface area contributed by atoms with Gasteiger partial charge in [0.05, 0.1) is 11.9 Å². The smallest absolute Gasteiger partial charge is 0.299 e. The van der Waals surface area contributed by atoms with Crippen LogP contribution < -0.4 is 15.4 Å². The van der Waals surface area contributed by atoms with Crippen molar-refractivity contribution in [1.29, 1.82) is 0 Å². The molecule has 0 fully saturated rings. The first-order valence-electron chi connectivity index (χ1n) is 7.23. The first kappa shape index (κ1) is 14.6. The van der Waals surface area contributed by atoms with Crippen molar-refractivity contribution in [1.82, 2.24) is 4.98 Å². The normalized spacial score (nSPS) is 13.0. The van der Waals surface area contributed by atoms with Crippen LogP contribution >= 0.6 is 11.6 Å². The Labute approximate surface area is 142 Å². The number of amides is 1. The number of carbonyl (C=O) groups is 1. The fraction of sp³-hybridized carbons (Fsp3) is 0.0588. The van der Waals surface area contributed by atoms with Crippen LogP contribution in [0.1, 0.15) is 0 Å². The number of nitrogens with zero attached hydrogens (tertiary/aromatic N) is 1. The standard InChI is InChI=1S/C17H12ClN3O3/c18-11-3-1-10(2-4-11)15-8-19-17(24-15)20-12-5-6-13-14(7-12)23-9-16(22)21-13/h1-8H,9H2,(H,19,20)(H,21,22). The minimum atomic E-state index is -0.163. The van der Waals surface area contributed by atoms with Crippen molar-refractivity contribution in [2.45, 2.75) is 0 Å². The molecule has 2 aromatic carbocycles. The van der Waals surface area contributed by atoms with E-state index in [1.807, 2.05) is 12.1 Å². The van der Waals surface area contributed by atoms with Gasteiger partial charge in [0.1, 0.15) is 5.75 Å². The number of aromatic nitrogens is 1. The minimum Gasteiger partial charge on any atom is -0.482 e. The van der Waals surface area contributed by atoms with Gasteiger partial charge in [-0.05, 0) is 36.4 Å². The maximum absolute atomic E-state index is 11.3. The first-order valence-corrected chi connectivity index (χ1v) is 7.61. The molecule has 24 heavy (non-hydrogen) atoms. The Morgan fingerprint density at radius 3 is 2.83 bits per heavy atom. The summed E-state index contributed by atoms with van der Waals surface area (Å²) < 4.78 is 11.1. The molecule has 0 bridgehead atoms. The summed E-state index contributed by atoms with van der Waals surface area (Å²) in [5.41, 5.74) is 2.27. The minimum absolute atomic E-state index is 0.0101. The molecule has 1 amide bonds. The molecular weight excluding hydrogens is 330 g/mol. The molecule has 4 rings (SSSR count). The molecule has 120 valence electrons. The van der Waals surface area contributed by atoms with Crippen molar-refractivity contribution in [3.05, 3.63) is 53.7 Å². The second-order valence-corrected chi connectivity index (χ2v) is 5.65. The second kappa shape index (κ2) is 5.90. The predicted molar refractivity (Wildman–Crippen MR) is 90.8 cm³/mol. The predicted octanol–water partition coefficient (Wildman–Crippen LogP) is 4.07. The highest BCUT2D eigenvalue weighted by Gasteiger charge is 2.16. The molecule has 1 aliphatic rings. The number of hydrogen-bond acceptors (Lipinski definition) is 5. The number of rotatable bonds is 3. The van der Waals surface area contributed by atoms with Gasteiger partial charge >= 0.3 is 0 Å². The van der Waals surface area contributed by atoms with E-state index < -0.39 is 0 Å². The van der Waals surface area contributed by atoms with Crippen molar-refractivity contribution in [3.8, 4) is 17.1 Å². The maximum Gasteiger partial charge on any atom is 0.299 e. The van der Waals surface area contributed by atoms with E-state index in [2.05, 4.69) is 15.6 Å². The van der Waals surface area contributed by atoms with Gasteiger partial charge in [-0.2, -0.15) is 0 Å². The molecule has 3 aromatic rings. The second-order valence-electron chi connectivity index (χ2n) is 5.21. The number of anilines is 3. The van der Waals surface area contributed by atoms with E-state index in [-0.39, 0.29) is 12.5 Å². The molecule has 0 unspecified atom stereocenters. The van der Waals surface area contributed by atoms with Crippen LogP contribution in [0.2, 0.25) is 5.02 Å². The lowest BCUT2D eigenvalue weighted by Crippen LogP contribution is -2.25. The third-order valence-corrected chi connectivity index (χ3v) is 3.75. The monoisotopic (exact) mass is 341 g/mol. The Morgan fingerprint density at radius 1 is 1.17 bits per heavy atom. The molecule has 0 atom stereocenters. The molecule has 2 N–H and O–H groups in total. The van der Waals surface area contributed by atoms with Gasteiger partial charge in [-0.25, -0.2) is 4.98 Å². The van der Waals surface area contributed by atoms with Crippen molar-refractivity contribution in [2.75, 3.05) is 17.2 Å². The third kappa shape index (κ3) is 2.91. The van der Waals surface area contributed by atoms with E-state index in [1.165, 1.54) is 0 Å². The van der Waals surface area contributed by atoms with E-state index >= 15 is 0 Å². The Balaban J connectivity index is 1.54. The van der Waals surface area contributed by atoms with E-state index in [1.54, 1.807) is 36.5 Å². The summed E-state index contributed by atoms with van der Waals surface area (Å²) >= 11 is 5.88. The summed E-state index contributed by atoms with van der Waals surface area (Å²) in [4.78, 5) is 15.5. The van der Waals surface area contributed by atoms with Gasteiger partial charge in [-0.3, -0.25) is 4.79 Å². The Morgan fingerprint density at radius 2 is 2.00 bits per heavy atom. The lowest BCUT2D eigenvalue weighted by molar-refractivity contribution is -0.118. The molecular formula is C17H12ClN3O3. The van der Waals surface area contributed by atoms with Gasteiger partial charge in [0, 0.05) is 22.3 Å². The zero-order chi connectivity index (χ0) is 16.5. The van der Waals surface area contributed by atoms with E-state index in [0.29, 0.717) is 28.2 Å². The summed E-state index contributed by atoms with van der Waals surface area (Å²) in [6, 6.07) is 13.0. The quantitative estimate of drug-likeness (QED) is 0.751. The number of hydrogen-bond donors (Lipinski definition) is 2. The van der Waals surface area contributed by atoms with Crippen LogP contribution in [-0.4, -0.2) is 17.5 Å². The number of benzene rings is 2. The Bertz CT molecular complexity index is 906. The van der Waals surface area contributed by atoms with Gasteiger partial charge in [-0.15, -0.1) is 0 Å². The lowest BCUT2D eigenvalue weighted by atomic mass is 10.2. The van der Waals surface area contributed by atoms with Crippen LogP contribution in [0.5, 0.6) is 5.75 Å². The third-order valence-electron chi connectivity index (χ3n) is 3.50. The summed E-state index contributed by atoms with van der Waals surface area (Å²) in [5, 5.41) is 6.47. The van der Waals surface area contributed by atoms with E-state index in [0.717, 1.165) is 11.3 Å². The van der Waals surface area contributed by atoms with Crippen LogP contribution in [0.4, 0.5) is 17.4 Å². The zero-order valence-corrected chi connectivity index (χ0v) is 13.1. The van der Waals surface area contributed by atoms with Crippen LogP contribution in [-0.2, 0) is 4.79 Å². The summed E-state index contributed by atoms with van der Waals surface area (Å²) in [6.07, 6.45) is 1.64. The molecule has 6 nitrogen and oxygen atoms in total. The number of nitrogens with one attached hydrogen (secondary N) is 2. The average Bonchev–Trinajstić information content (AvgIpc) is 3.04. The van der Waals surface area contributed by atoms with Gasteiger partial charge in [-0.1, -0.05) is 11.6 Å². The van der Waals surface area contributed by atoms with Crippen molar-refractivity contribution < 1.29 is 13.9 Å². The van der Waals surface area contributed by atoms with E-state index in [9.17, 15) is 4.79 Å². The number of halogens is 1. The number of carbonyl (C=O) groups excluding carboxylic acids is 1. The Hall–Kier alpha value is -2.99. The average molecular weight is 342 g/mol. The SMILES string of the molecule is O=C1COc2cc(Nc3ncc(-c4ccc(Cl)cc4)o3)ccc2N1.